The van der Waals surface area contributed by atoms with E-state index in [-0.39, 0.29) is 5.97 Å². The van der Waals surface area contributed by atoms with Crippen LogP contribution in [0.1, 0.15) is 27.2 Å². The molecule has 0 unspecified atom stereocenters. The van der Waals surface area contributed by atoms with Crippen LogP contribution in [0.4, 0.5) is 0 Å². The molecule has 0 rings (SSSR count). The lowest BCUT2D eigenvalue weighted by molar-refractivity contribution is -0.137. The molecule has 0 atom stereocenters. The van der Waals surface area contributed by atoms with Crippen molar-refractivity contribution in [1.82, 2.24) is 0 Å². The van der Waals surface area contributed by atoms with Crippen molar-refractivity contribution >= 4 is 14.5 Å². The first kappa shape index (κ1) is 17.5. The second-order valence-corrected chi connectivity index (χ2v) is 7.69. The first-order valence-corrected chi connectivity index (χ1v) is 8.80. The highest BCUT2D eigenvalue weighted by molar-refractivity contribution is 6.66. The first-order chi connectivity index (χ1) is 8.79. The summed E-state index contributed by atoms with van der Waals surface area (Å²) >= 11 is 0. The number of ether oxygens (including phenoxy) is 1. The van der Waals surface area contributed by atoms with E-state index in [0.717, 1.165) is 0 Å². The predicted molar refractivity (Wildman–Crippen MR) is 78.6 cm³/mol. The van der Waals surface area contributed by atoms with Gasteiger partial charge in [-0.15, -0.1) is 0 Å². The Morgan fingerprint density at radius 2 is 1.74 bits per heavy atom. The van der Waals surface area contributed by atoms with Crippen LogP contribution in [0.2, 0.25) is 12.6 Å². The zero-order chi connectivity index (χ0) is 14.9. The molecule has 0 N–H and O–H groups in total. The second kappa shape index (κ2) is 8.58. The molecule has 0 aliphatic carbocycles. The van der Waals surface area contributed by atoms with Gasteiger partial charge in [0, 0.05) is 18.7 Å². The van der Waals surface area contributed by atoms with Crippen LogP contribution in [0, 0.1) is 0 Å². The molecule has 0 saturated carbocycles. The van der Waals surface area contributed by atoms with E-state index in [2.05, 4.69) is 13.2 Å². The Kier molecular flexibility index (Phi) is 7.91. The molecule has 0 aromatic heterocycles. The van der Waals surface area contributed by atoms with E-state index in [1.165, 1.54) is 6.08 Å². The van der Waals surface area contributed by atoms with E-state index in [4.69, 9.17) is 13.6 Å². The number of allylic oxidation sites excluding steroid dienone is 3. The normalized spacial score (nSPS) is 11.2. The van der Waals surface area contributed by atoms with E-state index in [0.29, 0.717) is 30.6 Å². The van der Waals surface area contributed by atoms with Crippen molar-refractivity contribution in [3.63, 3.8) is 0 Å². The van der Waals surface area contributed by atoms with Gasteiger partial charge in [0.15, 0.2) is 0 Å². The Morgan fingerprint density at radius 1 is 1.21 bits per heavy atom. The van der Waals surface area contributed by atoms with Gasteiger partial charge < -0.3 is 13.6 Å². The Hall–Kier alpha value is -1.49. The van der Waals surface area contributed by atoms with Gasteiger partial charge in [0.25, 0.3) is 0 Å². The molecule has 0 bridgehead atoms. The van der Waals surface area contributed by atoms with Gasteiger partial charge in [0.1, 0.15) is 0 Å². The van der Waals surface area contributed by atoms with Gasteiger partial charge in [-0.2, -0.15) is 0 Å². The summed E-state index contributed by atoms with van der Waals surface area (Å²) in [4.78, 5) is 11.1. The topological polar surface area (TPSA) is 44.8 Å². The van der Waals surface area contributed by atoms with Crippen molar-refractivity contribution in [2.24, 2.45) is 0 Å². The van der Waals surface area contributed by atoms with Crippen LogP contribution in [0.15, 0.2) is 36.8 Å². The van der Waals surface area contributed by atoms with E-state index in [1.54, 1.807) is 26.8 Å². The molecule has 5 heteroatoms. The van der Waals surface area contributed by atoms with Crippen LogP contribution in [-0.4, -0.2) is 21.1 Å². The molecule has 0 spiro atoms. The van der Waals surface area contributed by atoms with Crippen LogP contribution in [0.5, 0.6) is 0 Å². The van der Waals surface area contributed by atoms with E-state index < -0.39 is 8.56 Å². The van der Waals surface area contributed by atoms with Crippen LogP contribution in [0.3, 0.4) is 0 Å². The molecule has 0 aliphatic heterocycles. The molecule has 4 nitrogen and oxygen atoms in total. The molecular weight excluding hydrogens is 260 g/mol. The monoisotopic (exact) mass is 284 g/mol. The van der Waals surface area contributed by atoms with Gasteiger partial charge in [0.2, 0.25) is 0 Å². The van der Waals surface area contributed by atoms with Crippen LogP contribution in [-0.2, 0) is 18.4 Å². The molecule has 0 aromatic carbocycles. The van der Waals surface area contributed by atoms with E-state index in [9.17, 15) is 4.79 Å². The average molecular weight is 284 g/mol. The molecule has 0 heterocycles. The standard InChI is InChI=1S/C14H24O4Si/c1-7-9-14(15)16-10-8-11-19(6,17-12(2)3)18-13(4)5/h7,9H,2,4,8,10-11H2,1,3,5-6H3. The fourth-order valence-corrected chi connectivity index (χ4v) is 4.12. The first-order valence-electron chi connectivity index (χ1n) is 6.27. The minimum atomic E-state index is -2.37. The van der Waals surface area contributed by atoms with Gasteiger partial charge in [-0.3, -0.25) is 0 Å². The molecule has 0 saturated heterocycles. The highest BCUT2D eigenvalue weighted by Crippen LogP contribution is 2.21. The van der Waals surface area contributed by atoms with Gasteiger partial charge in [-0.1, -0.05) is 19.2 Å². The Balaban J connectivity index is 4.23. The summed E-state index contributed by atoms with van der Waals surface area (Å²) < 4.78 is 16.4. The van der Waals surface area contributed by atoms with Crippen molar-refractivity contribution in [2.75, 3.05) is 6.61 Å². The van der Waals surface area contributed by atoms with Crippen molar-refractivity contribution in [3.05, 3.63) is 36.8 Å². The Morgan fingerprint density at radius 3 is 2.16 bits per heavy atom. The number of carbonyl (C=O) groups excluding carboxylic acids is 1. The molecule has 0 amide bonds. The lowest BCUT2D eigenvalue weighted by Crippen LogP contribution is -2.37. The van der Waals surface area contributed by atoms with Crippen LogP contribution in [0.25, 0.3) is 0 Å². The fourth-order valence-electron chi connectivity index (χ4n) is 1.61. The van der Waals surface area contributed by atoms with Crippen molar-refractivity contribution in [2.45, 2.75) is 39.8 Å². The van der Waals surface area contributed by atoms with E-state index >= 15 is 0 Å². The summed E-state index contributed by atoms with van der Waals surface area (Å²) in [5.41, 5.74) is 0. The maximum atomic E-state index is 11.1. The summed E-state index contributed by atoms with van der Waals surface area (Å²) in [6.07, 6.45) is 3.73. The number of hydrogen-bond acceptors (Lipinski definition) is 4. The summed E-state index contributed by atoms with van der Waals surface area (Å²) in [6, 6.07) is 0.704. The number of rotatable bonds is 9. The Bertz CT molecular complexity index is 344. The van der Waals surface area contributed by atoms with Crippen molar-refractivity contribution in [3.8, 4) is 0 Å². The average Bonchev–Trinajstić information content (AvgIpc) is 2.22. The lowest BCUT2D eigenvalue weighted by Gasteiger charge is -2.28. The summed E-state index contributed by atoms with van der Waals surface area (Å²) in [7, 11) is -2.37. The third-order valence-corrected chi connectivity index (χ3v) is 4.92. The second-order valence-electron chi connectivity index (χ2n) is 4.51. The summed E-state index contributed by atoms with van der Waals surface area (Å²) in [5.74, 6) is 0.926. The third kappa shape index (κ3) is 9.13. The third-order valence-electron chi connectivity index (χ3n) is 2.10. The minimum Gasteiger partial charge on any atom is -0.517 e. The van der Waals surface area contributed by atoms with Gasteiger partial charge in [0.05, 0.1) is 18.1 Å². The maximum absolute atomic E-state index is 11.1. The predicted octanol–water partition coefficient (Wildman–Crippen LogP) is 3.67. The van der Waals surface area contributed by atoms with Crippen molar-refractivity contribution < 1.29 is 18.4 Å². The quantitative estimate of drug-likeness (QED) is 0.213. The number of esters is 1. The zero-order valence-electron chi connectivity index (χ0n) is 12.3. The summed E-state index contributed by atoms with van der Waals surface area (Å²) in [6.45, 7) is 15.1. The smallest absolute Gasteiger partial charge is 0.456 e. The van der Waals surface area contributed by atoms with E-state index in [1.807, 2.05) is 6.55 Å². The zero-order valence-corrected chi connectivity index (χ0v) is 13.3. The highest BCUT2D eigenvalue weighted by atomic mass is 28.4. The van der Waals surface area contributed by atoms with Gasteiger partial charge >= 0.3 is 14.5 Å². The molecule has 0 aromatic rings. The fraction of sp³-hybridized carbons (Fsp3) is 0.500. The maximum Gasteiger partial charge on any atom is 0.456 e. The molecule has 0 radical (unpaired) electrons. The van der Waals surface area contributed by atoms with Crippen LogP contribution < -0.4 is 0 Å². The summed E-state index contributed by atoms with van der Waals surface area (Å²) in [5, 5.41) is 0. The molecule has 108 valence electrons. The lowest BCUT2D eigenvalue weighted by atomic mass is 10.5. The molecule has 19 heavy (non-hydrogen) atoms. The highest BCUT2D eigenvalue weighted by Gasteiger charge is 2.35. The molecular formula is C14H24O4Si. The number of hydrogen-bond donors (Lipinski definition) is 0. The molecule has 0 fully saturated rings. The minimum absolute atomic E-state index is 0.326. The van der Waals surface area contributed by atoms with Gasteiger partial charge in [-0.05, 0) is 27.2 Å². The van der Waals surface area contributed by atoms with Crippen LogP contribution >= 0.6 is 0 Å². The number of carbonyl (C=O) groups is 1. The Labute approximate surface area is 117 Å². The van der Waals surface area contributed by atoms with Crippen molar-refractivity contribution in [1.29, 1.82) is 0 Å². The SMILES string of the molecule is C=C(C)O[Si](C)(CCCOC(=O)C=CC)OC(=C)C. The molecule has 0 aliphatic rings. The largest absolute Gasteiger partial charge is 0.517 e. The van der Waals surface area contributed by atoms with Gasteiger partial charge in [-0.25, -0.2) is 4.79 Å².